The number of carbonyl (C=O) groups is 2. The van der Waals surface area contributed by atoms with Crippen LogP contribution < -0.4 is 10.2 Å². The molecule has 4 rings (SSSR count). The summed E-state index contributed by atoms with van der Waals surface area (Å²) in [5, 5.41) is 3.40. The molecule has 1 aromatic heterocycles. The van der Waals surface area contributed by atoms with E-state index in [1.54, 1.807) is 34.3 Å². The molecule has 0 unspecified atom stereocenters. The maximum Gasteiger partial charge on any atom is 0.317 e. The average Bonchev–Trinajstić information content (AvgIpc) is 3.07. The van der Waals surface area contributed by atoms with Crippen LogP contribution in [0.25, 0.3) is 0 Å². The third kappa shape index (κ3) is 2.61. The van der Waals surface area contributed by atoms with Gasteiger partial charge >= 0.3 is 6.03 Å². The molecule has 3 amide bonds. The number of benzene rings is 1. The Kier molecular flexibility index (Phi) is 3.88. The molecule has 1 N–H and O–H groups in total. The smallest absolute Gasteiger partial charge is 0.317 e. The van der Waals surface area contributed by atoms with E-state index in [1.165, 1.54) is 0 Å². The van der Waals surface area contributed by atoms with E-state index >= 15 is 0 Å². The van der Waals surface area contributed by atoms with Gasteiger partial charge in [0, 0.05) is 36.4 Å². The third-order valence-electron chi connectivity index (χ3n) is 4.99. The molecule has 0 bridgehead atoms. The van der Waals surface area contributed by atoms with Gasteiger partial charge in [-0.15, -0.1) is 0 Å². The molecule has 1 aromatic carbocycles. The van der Waals surface area contributed by atoms with Crippen LogP contribution in [0.15, 0.2) is 36.7 Å². The Hall–Kier alpha value is -2.60. The molecule has 0 radical (unpaired) electrons. The van der Waals surface area contributed by atoms with Crippen LogP contribution in [0.5, 0.6) is 0 Å². The minimum absolute atomic E-state index is 0.0699. The molecule has 0 aliphatic carbocycles. The fourth-order valence-electron chi connectivity index (χ4n) is 3.71. The number of aromatic nitrogens is 1. The van der Waals surface area contributed by atoms with Gasteiger partial charge in [0.15, 0.2) is 0 Å². The highest BCUT2D eigenvalue weighted by molar-refractivity contribution is 6.31. The maximum atomic E-state index is 13.0. The van der Waals surface area contributed by atoms with Gasteiger partial charge in [0.2, 0.25) is 0 Å². The summed E-state index contributed by atoms with van der Waals surface area (Å²) in [5.74, 6) is -0.0699. The lowest BCUT2D eigenvalue weighted by atomic mass is 9.93. The number of anilines is 1. The number of pyridine rings is 1. The summed E-state index contributed by atoms with van der Waals surface area (Å²) in [6.07, 6.45) is 3.41. The van der Waals surface area contributed by atoms with Crippen molar-refractivity contribution in [1.82, 2.24) is 15.2 Å². The lowest BCUT2D eigenvalue weighted by molar-refractivity contribution is 0.0982. The van der Waals surface area contributed by atoms with Gasteiger partial charge in [-0.25, -0.2) is 4.79 Å². The van der Waals surface area contributed by atoms with Gasteiger partial charge in [0.25, 0.3) is 5.91 Å². The predicted molar refractivity (Wildman–Crippen MR) is 99.3 cm³/mol. The van der Waals surface area contributed by atoms with Gasteiger partial charge in [-0.1, -0.05) is 11.6 Å². The highest BCUT2D eigenvalue weighted by Gasteiger charge is 2.44. The lowest BCUT2D eigenvalue weighted by Gasteiger charge is -2.32. The standard InChI is InChI=1S/C19H19ClN4O2/c1-19(2)16-8-13(20)3-4-15(16)17(25)24(19)14-7-12(9-21-10-14)11-23-6-5-22-18(23)26/h3-4,7-10H,5-6,11H2,1-2H3,(H,22,26). The second-order valence-electron chi connectivity index (χ2n) is 7.09. The predicted octanol–water partition coefficient (Wildman–Crippen LogP) is 3.16. The van der Waals surface area contributed by atoms with Crippen molar-refractivity contribution >= 4 is 29.2 Å². The van der Waals surface area contributed by atoms with Crippen molar-refractivity contribution in [2.45, 2.75) is 25.9 Å². The summed E-state index contributed by atoms with van der Waals surface area (Å²) in [6, 6.07) is 7.20. The van der Waals surface area contributed by atoms with E-state index in [0.717, 1.165) is 11.1 Å². The van der Waals surface area contributed by atoms with Crippen LogP contribution in [0.2, 0.25) is 5.02 Å². The molecule has 2 aromatic rings. The highest BCUT2D eigenvalue weighted by Crippen LogP contribution is 2.42. The molecule has 2 aliphatic heterocycles. The number of hydrogen-bond donors (Lipinski definition) is 1. The van der Waals surface area contributed by atoms with E-state index < -0.39 is 5.54 Å². The monoisotopic (exact) mass is 370 g/mol. The fraction of sp³-hybridized carbons (Fsp3) is 0.316. The number of carbonyl (C=O) groups excluding carboxylic acids is 2. The van der Waals surface area contributed by atoms with E-state index in [2.05, 4.69) is 10.3 Å². The molecular weight excluding hydrogens is 352 g/mol. The Labute approximate surface area is 156 Å². The number of halogens is 1. The normalized spacial score (nSPS) is 18.3. The summed E-state index contributed by atoms with van der Waals surface area (Å²) in [7, 11) is 0. The fourth-order valence-corrected chi connectivity index (χ4v) is 3.88. The first-order valence-corrected chi connectivity index (χ1v) is 8.87. The van der Waals surface area contributed by atoms with E-state index in [4.69, 9.17) is 11.6 Å². The van der Waals surface area contributed by atoms with Crippen molar-refractivity contribution < 1.29 is 9.59 Å². The second-order valence-corrected chi connectivity index (χ2v) is 7.53. The van der Waals surface area contributed by atoms with Crippen LogP contribution in [-0.4, -0.2) is 34.9 Å². The Bertz CT molecular complexity index is 912. The molecule has 3 heterocycles. The Balaban J connectivity index is 1.69. The molecule has 1 fully saturated rings. The van der Waals surface area contributed by atoms with Crippen LogP contribution in [-0.2, 0) is 12.1 Å². The van der Waals surface area contributed by atoms with Crippen molar-refractivity contribution in [1.29, 1.82) is 0 Å². The number of fused-ring (bicyclic) bond motifs is 1. The minimum atomic E-state index is -0.539. The molecule has 26 heavy (non-hydrogen) atoms. The van der Waals surface area contributed by atoms with E-state index in [1.807, 2.05) is 26.0 Å². The second kappa shape index (κ2) is 5.99. The first-order valence-electron chi connectivity index (χ1n) is 8.49. The van der Waals surface area contributed by atoms with Crippen LogP contribution in [0.4, 0.5) is 10.5 Å². The van der Waals surface area contributed by atoms with E-state index in [9.17, 15) is 9.59 Å². The first-order chi connectivity index (χ1) is 12.4. The number of hydrogen-bond acceptors (Lipinski definition) is 3. The van der Waals surface area contributed by atoms with Crippen LogP contribution in [0.3, 0.4) is 0 Å². The Morgan fingerprint density at radius 2 is 2.04 bits per heavy atom. The minimum Gasteiger partial charge on any atom is -0.336 e. The van der Waals surface area contributed by atoms with Gasteiger partial charge in [0.1, 0.15) is 0 Å². The highest BCUT2D eigenvalue weighted by atomic mass is 35.5. The summed E-state index contributed by atoms with van der Waals surface area (Å²) < 4.78 is 0. The molecule has 1 saturated heterocycles. The summed E-state index contributed by atoms with van der Waals surface area (Å²) in [5.41, 5.74) is 2.62. The van der Waals surface area contributed by atoms with Crippen molar-refractivity contribution in [3.05, 3.63) is 58.4 Å². The van der Waals surface area contributed by atoms with Crippen LogP contribution in [0, 0.1) is 0 Å². The summed E-state index contributed by atoms with van der Waals surface area (Å²) in [6.45, 7) is 5.77. The molecule has 6 nitrogen and oxygen atoms in total. The largest absolute Gasteiger partial charge is 0.336 e. The Morgan fingerprint density at radius 1 is 1.23 bits per heavy atom. The SMILES string of the molecule is CC1(C)c2cc(Cl)ccc2C(=O)N1c1cncc(CN2CCNC2=O)c1. The number of amides is 3. The van der Waals surface area contributed by atoms with Gasteiger partial charge in [-0.05, 0) is 49.2 Å². The van der Waals surface area contributed by atoms with Crippen molar-refractivity contribution in [3.8, 4) is 0 Å². The average molecular weight is 371 g/mol. The Morgan fingerprint density at radius 3 is 2.77 bits per heavy atom. The zero-order chi connectivity index (χ0) is 18.5. The lowest BCUT2D eigenvalue weighted by Crippen LogP contribution is -2.39. The first kappa shape index (κ1) is 16.8. The molecule has 7 heteroatoms. The van der Waals surface area contributed by atoms with Crippen molar-refractivity contribution in [2.24, 2.45) is 0 Å². The number of nitrogens with one attached hydrogen (secondary N) is 1. The number of rotatable bonds is 3. The molecule has 0 atom stereocenters. The van der Waals surface area contributed by atoms with Gasteiger partial charge in [-0.3, -0.25) is 14.7 Å². The number of urea groups is 1. The zero-order valence-corrected chi connectivity index (χ0v) is 15.4. The van der Waals surface area contributed by atoms with Gasteiger partial charge < -0.3 is 10.2 Å². The van der Waals surface area contributed by atoms with Crippen LogP contribution >= 0.6 is 11.6 Å². The third-order valence-corrected chi connectivity index (χ3v) is 5.23. The van der Waals surface area contributed by atoms with Gasteiger partial charge in [-0.2, -0.15) is 0 Å². The van der Waals surface area contributed by atoms with Crippen molar-refractivity contribution in [3.63, 3.8) is 0 Å². The van der Waals surface area contributed by atoms with E-state index in [-0.39, 0.29) is 11.9 Å². The molecule has 0 spiro atoms. The molecule has 0 saturated carbocycles. The summed E-state index contributed by atoms with van der Waals surface area (Å²) in [4.78, 5) is 32.6. The number of nitrogens with zero attached hydrogens (tertiary/aromatic N) is 3. The molecular formula is C19H19ClN4O2. The van der Waals surface area contributed by atoms with Crippen molar-refractivity contribution in [2.75, 3.05) is 18.0 Å². The molecule has 134 valence electrons. The quantitative estimate of drug-likeness (QED) is 0.902. The molecule has 2 aliphatic rings. The zero-order valence-electron chi connectivity index (χ0n) is 14.6. The topological polar surface area (TPSA) is 65.5 Å². The van der Waals surface area contributed by atoms with E-state index in [0.29, 0.717) is 35.9 Å². The summed E-state index contributed by atoms with van der Waals surface area (Å²) >= 11 is 6.14. The van der Waals surface area contributed by atoms with Crippen LogP contribution in [0.1, 0.15) is 35.3 Å². The maximum absolute atomic E-state index is 13.0. The van der Waals surface area contributed by atoms with Gasteiger partial charge in [0.05, 0.1) is 17.4 Å².